The molecule has 2 aromatic rings. The van der Waals surface area contributed by atoms with Crippen LogP contribution in [0.1, 0.15) is 5.69 Å². The van der Waals surface area contributed by atoms with E-state index >= 15 is 0 Å². The Labute approximate surface area is 112 Å². The van der Waals surface area contributed by atoms with Gasteiger partial charge in [-0.1, -0.05) is 18.2 Å². The molecule has 0 fully saturated rings. The van der Waals surface area contributed by atoms with E-state index < -0.39 is 0 Å². The Morgan fingerprint density at radius 1 is 1.26 bits per heavy atom. The van der Waals surface area contributed by atoms with Crippen LogP contribution in [0.2, 0.25) is 0 Å². The van der Waals surface area contributed by atoms with Crippen LogP contribution in [0.3, 0.4) is 0 Å². The molecule has 2 N–H and O–H groups in total. The molecule has 1 aromatic heterocycles. The van der Waals surface area contributed by atoms with Gasteiger partial charge < -0.3 is 10.6 Å². The maximum Gasteiger partial charge on any atom is 0.239 e. The predicted molar refractivity (Wildman–Crippen MR) is 74.9 cm³/mol. The fourth-order valence-corrected chi connectivity index (χ4v) is 1.73. The molecule has 100 valence electrons. The van der Waals surface area contributed by atoms with Crippen molar-refractivity contribution in [3.8, 4) is 0 Å². The van der Waals surface area contributed by atoms with Crippen molar-refractivity contribution >= 4 is 11.6 Å². The predicted octanol–water partition coefficient (Wildman–Crippen LogP) is 1.19. The fraction of sp³-hybridized carbons (Fsp3) is 0.286. The van der Waals surface area contributed by atoms with E-state index in [-0.39, 0.29) is 12.5 Å². The van der Waals surface area contributed by atoms with Crippen molar-refractivity contribution in [1.82, 2.24) is 15.1 Å². The van der Waals surface area contributed by atoms with Crippen LogP contribution in [-0.4, -0.2) is 28.8 Å². The highest BCUT2D eigenvalue weighted by Crippen LogP contribution is 2.03. The van der Waals surface area contributed by atoms with E-state index in [1.807, 2.05) is 49.6 Å². The average Bonchev–Trinajstić information content (AvgIpc) is 2.83. The minimum absolute atomic E-state index is 0.0141. The summed E-state index contributed by atoms with van der Waals surface area (Å²) in [5.41, 5.74) is 1.93. The summed E-state index contributed by atoms with van der Waals surface area (Å²) in [6.07, 6.45) is 2.64. The van der Waals surface area contributed by atoms with E-state index in [1.54, 1.807) is 4.68 Å². The third-order valence-electron chi connectivity index (χ3n) is 2.70. The van der Waals surface area contributed by atoms with E-state index in [1.165, 1.54) is 0 Å². The summed E-state index contributed by atoms with van der Waals surface area (Å²) in [6, 6.07) is 11.6. The Kier molecular flexibility index (Phi) is 4.55. The second-order valence-electron chi connectivity index (χ2n) is 4.30. The molecular formula is C14H18N4O. The number of nitrogens with zero attached hydrogens (tertiary/aromatic N) is 2. The molecule has 0 aliphatic rings. The number of aromatic nitrogens is 2. The summed E-state index contributed by atoms with van der Waals surface area (Å²) < 4.78 is 1.76. The highest BCUT2D eigenvalue weighted by atomic mass is 16.1. The lowest BCUT2D eigenvalue weighted by Crippen LogP contribution is -2.31. The zero-order valence-corrected chi connectivity index (χ0v) is 11.0. The molecule has 1 amide bonds. The molecule has 1 heterocycles. The Morgan fingerprint density at radius 2 is 2.05 bits per heavy atom. The zero-order chi connectivity index (χ0) is 13.5. The van der Waals surface area contributed by atoms with Gasteiger partial charge in [-0.3, -0.25) is 9.48 Å². The number of rotatable bonds is 6. The first-order valence-corrected chi connectivity index (χ1v) is 6.28. The fourth-order valence-electron chi connectivity index (χ4n) is 1.73. The molecule has 5 nitrogen and oxygen atoms in total. The van der Waals surface area contributed by atoms with Gasteiger partial charge in [-0.15, -0.1) is 0 Å². The van der Waals surface area contributed by atoms with Gasteiger partial charge in [-0.25, -0.2) is 0 Å². The first-order valence-electron chi connectivity index (χ1n) is 6.28. The summed E-state index contributed by atoms with van der Waals surface area (Å²) in [7, 11) is 1.88. The summed E-state index contributed by atoms with van der Waals surface area (Å²) in [6.45, 7) is 0.887. The van der Waals surface area contributed by atoms with Crippen LogP contribution in [0.4, 0.5) is 5.69 Å². The van der Waals surface area contributed by atoms with Crippen molar-refractivity contribution in [2.45, 2.75) is 6.42 Å². The summed E-state index contributed by atoms with van der Waals surface area (Å²) in [5.74, 6) is -0.0141. The largest absolute Gasteiger partial charge is 0.376 e. The number of para-hydroxylation sites is 1. The number of amides is 1. The molecular weight excluding hydrogens is 240 g/mol. The molecule has 0 radical (unpaired) electrons. The van der Waals surface area contributed by atoms with Crippen LogP contribution >= 0.6 is 0 Å². The van der Waals surface area contributed by atoms with Gasteiger partial charge in [0.15, 0.2) is 0 Å². The molecule has 0 unspecified atom stereocenters. The Bertz CT molecular complexity index is 521. The van der Waals surface area contributed by atoms with Crippen molar-refractivity contribution in [3.63, 3.8) is 0 Å². The molecule has 0 spiro atoms. The van der Waals surface area contributed by atoms with Crippen LogP contribution < -0.4 is 10.6 Å². The number of benzene rings is 1. The summed E-state index contributed by atoms with van der Waals surface area (Å²) in [5, 5.41) is 10.2. The van der Waals surface area contributed by atoms with Gasteiger partial charge >= 0.3 is 0 Å². The van der Waals surface area contributed by atoms with E-state index in [0.717, 1.165) is 17.8 Å². The van der Waals surface area contributed by atoms with E-state index in [0.29, 0.717) is 6.54 Å². The molecule has 19 heavy (non-hydrogen) atoms. The summed E-state index contributed by atoms with van der Waals surface area (Å²) >= 11 is 0. The van der Waals surface area contributed by atoms with E-state index in [9.17, 15) is 4.79 Å². The van der Waals surface area contributed by atoms with Crippen molar-refractivity contribution in [2.24, 2.45) is 7.05 Å². The lowest BCUT2D eigenvalue weighted by Gasteiger charge is -2.06. The molecule has 2 rings (SSSR count). The monoisotopic (exact) mass is 258 g/mol. The van der Waals surface area contributed by atoms with Crippen LogP contribution in [-0.2, 0) is 18.3 Å². The zero-order valence-electron chi connectivity index (χ0n) is 11.0. The number of carbonyl (C=O) groups excluding carboxylic acids is 1. The molecule has 0 aliphatic carbocycles. The molecule has 0 aliphatic heterocycles. The normalized spacial score (nSPS) is 10.2. The lowest BCUT2D eigenvalue weighted by atomic mass is 10.3. The highest BCUT2D eigenvalue weighted by molar-refractivity contribution is 5.80. The lowest BCUT2D eigenvalue weighted by molar-refractivity contribution is -0.119. The van der Waals surface area contributed by atoms with Gasteiger partial charge in [0, 0.05) is 31.9 Å². The molecule has 0 atom stereocenters. The number of hydrogen-bond acceptors (Lipinski definition) is 3. The van der Waals surface area contributed by atoms with Crippen LogP contribution in [0, 0.1) is 0 Å². The maximum absolute atomic E-state index is 11.6. The summed E-state index contributed by atoms with van der Waals surface area (Å²) in [4.78, 5) is 11.6. The quantitative estimate of drug-likeness (QED) is 0.818. The molecule has 0 bridgehead atoms. The van der Waals surface area contributed by atoms with E-state index in [4.69, 9.17) is 0 Å². The van der Waals surface area contributed by atoms with Crippen LogP contribution in [0.25, 0.3) is 0 Å². The number of nitrogens with one attached hydrogen (secondary N) is 2. The first-order chi connectivity index (χ1) is 9.24. The van der Waals surface area contributed by atoms with Crippen LogP contribution in [0.5, 0.6) is 0 Å². The maximum atomic E-state index is 11.6. The average molecular weight is 258 g/mol. The second kappa shape index (κ2) is 6.58. The minimum Gasteiger partial charge on any atom is -0.376 e. The Hall–Kier alpha value is -2.30. The van der Waals surface area contributed by atoms with Crippen molar-refractivity contribution in [3.05, 3.63) is 48.3 Å². The number of aryl methyl sites for hydroxylation is 1. The molecule has 5 heteroatoms. The van der Waals surface area contributed by atoms with Crippen molar-refractivity contribution in [1.29, 1.82) is 0 Å². The SMILES string of the molecule is Cn1ccc(CCNC(=O)CNc2ccccc2)n1. The van der Waals surface area contributed by atoms with Gasteiger partial charge in [0.25, 0.3) is 0 Å². The first kappa shape index (κ1) is 13.1. The Balaban J connectivity index is 1.65. The Morgan fingerprint density at radius 3 is 2.74 bits per heavy atom. The molecule has 0 saturated carbocycles. The third kappa shape index (κ3) is 4.46. The highest BCUT2D eigenvalue weighted by Gasteiger charge is 2.01. The van der Waals surface area contributed by atoms with Gasteiger partial charge in [0.2, 0.25) is 5.91 Å². The van der Waals surface area contributed by atoms with Gasteiger partial charge in [0.1, 0.15) is 0 Å². The number of anilines is 1. The van der Waals surface area contributed by atoms with Gasteiger partial charge in [0.05, 0.1) is 12.2 Å². The van der Waals surface area contributed by atoms with E-state index in [2.05, 4.69) is 15.7 Å². The molecule has 1 aromatic carbocycles. The van der Waals surface area contributed by atoms with Gasteiger partial charge in [-0.05, 0) is 18.2 Å². The second-order valence-corrected chi connectivity index (χ2v) is 4.30. The minimum atomic E-state index is -0.0141. The molecule has 0 saturated heterocycles. The van der Waals surface area contributed by atoms with Crippen molar-refractivity contribution < 1.29 is 4.79 Å². The van der Waals surface area contributed by atoms with Crippen LogP contribution in [0.15, 0.2) is 42.6 Å². The third-order valence-corrected chi connectivity index (χ3v) is 2.70. The number of hydrogen-bond donors (Lipinski definition) is 2. The number of carbonyl (C=O) groups is 1. The standard InChI is InChI=1S/C14H18N4O/c1-18-10-8-13(17-18)7-9-15-14(19)11-16-12-5-3-2-4-6-12/h2-6,8,10,16H,7,9,11H2,1H3,(H,15,19). The van der Waals surface area contributed by atoms with Gasteiger partial charge in [-0.2, -0.15) is 5.10 Å². The topological polar surface area (TPSA) is 59.0 Å². The van der Waals surface area contributed by atoms with Crippen molar-refractivity contribution in [2.75, 3.05) is 18.4 Å². The smallest absolute Gasteiger partial charge is 0.239 e.